The molecule has 2 unspecified atom stereocenters. The van der Waals surface area contributed by atoms with E-state index in [0.717, 1.165) is 30.8 Å². The summed E-state index contributed by atoms with van der Waals surface area (Å²) in [5.74, 6) is 1.43. The predicted molar refractivity (Wildman–Crippen MR) is 111 cm³/mol. The number of nitrogens with zero attached hydrogens (tertiary/aromatic N) is 1. The van der Waals surface area contributed by atoms with Crippen molar-refractivity contribution < 1.29 is 9.53 Å². The van der Waals surface area contributed by atoms with Gasteiger partial charge in [-0.2, -0.15) is 0 Å². The molecule has 2 atom stereocenters. The number of ether oxygens (including phenoxy) is 1. The summed E-state index contributed by atoms with van der Waals surface area (Å²) >= 11 is 0. The second-order valence-electron chi connectivity index (χ2n) is 7.41. The maximum absolute atomic E-state index is 12.4. The van der Waals surface area contributed by atoms with Gasteiger partial charge in [0, 0.05) is 36.8 Å². The van der Waals surface area contributed by atoms with Crippen LogP contribution in [0.4, 0.5) is 5.69 Å². The molecule has 0 spiro atoms. The van der Waals surface area contributed by atoms with Gasteiger partial charge in [-0.3, -0.25) is 4.79 Å². The van der Waals surface area contributed by atoms with Gasteiger partial charge in [0.1, 0.15) is 12.4 Å². The standard InChI is InChI=1S/C19H29N3O2.2ClH/c1-22(2)8-9-24-18-5-3-4-15(13-18)21-19(23)12-14-10-16-6-7-17(11-14)20-16;;/h3-5,13-14,16-17,20H,6-12H2,1-2H3,(H,21,23);2*1H. The van der Waals surface area contributed by atoms with Gasteiger partial charge in [0.05, 0.1) is 0 Å². The molecule has 3 rings (SSSR count). The highest BCUT2D eigenvalue weighted by Crippen LogP contribution is 2.32. The minimum Gasteiger partial charge on any atom is -0.492 e. The van der Waals surface area contributed by atoms with Gasteiger partial charge in [0.2, 0.25) is 5.91 Å². The topological polar surface area (TPSA) is 53.6 Å². The van der Waals surface area contributed by atoms with Crippen molar-refractivity contribution >= 4 is 36.4 Å². The Kier molecular flexibility index (Phi) is 9.72. The number of amides is 1. The lowest BCUT2D eigenvalue weighted by Gasteiger charge is -2.28. The number of halogens is 2. The van der Waals surface area contributed by atoms with E-state index in [1.807, 2.05) is 38.4 Å². The second-order valence-corrected chi connectivity index (χ2v) is 7.41. The minimum absolute atomic E-state index is 0. The molecule has 2 fully saturated rings. The predicted octanol–water partition coefficient (Wildman–Crippen LogP) is 3.33. The van der Waals surface area contributed by atoms with Crippen LogP contribution in [-0.2, 0) is 4.79 Å². The van der Waals surface area contributed by atoms with E-state index in [9.17, 15) is 4.79 Å². The number of carbonyl (C=O) groups excluding carboxylic acids is 1. The Hall–Kier alpha value is -1.01. The van der Waals surface area contributed by atoms with Crippen molar-refractivity contribution in [2.45, 2.75) is 44.2 Å². The fourth-order valence-corrected chi connectivity index (χ4v) is 3.83. The molecule has 2 aliphatic heterocycles. The first-order valence-electron chi connectivity index (χ1n) is 9.02. The van der Waals surface area contributed by atoms with Crippen LogP contribution in [0.2, 0.25) is 0 Å². The quantitative estimate of drug-likeness (QED) is 0.732. The molecule has 1 aromatic rings. The van der Waals surface area contributed by atoms with Crippen molar-refractivity contribution in [3.05, 3.63) is 24.3 Å². The van der Waals surface area contributed by atoms with Crippen LogP contribution in [0.3, 0.4) is 0 Å². The van der Waals surface area contributed by atoms with Crippen LogP contribution in [-0.4, -0.2) is 50.1 Å². The first kappa shape index (κ1) is 23.0. The fourth-order valence-electron chi connectivity index (χ4n) is 3.83. The smallest absolute Gasteiger partial charge is 0.224 e. The Morgan fingerprint density at radius 2 is 1.92 bits per heavy atom. The van der Waals surface area contributed by atoms with Crippen LogP contribution in [0.1, 0.15) is 32.1 Å². The van der Waals surface area contributed by atoms with E-state index < -0.39 is 0 Å². The molecule has 2 saturated heterocycles. The van der Waals surface area contributed by atoms with Crippen molar-refractivity contribution in [2.75, 3.05) is 32.6 Å². The van der Waals surface area contributed by atoms with Crippen LogP contribution in [0.15, 0.2) is 24.3 Å². The van der Waals surface area contributed by atoms with Crippen molar-refractivity contribution in [1.29, 1.82) is 0 Å². The Morgan fingerprint density at radius 1 is 1.23 bits per heavy atom. The van der Waals surface area contributed by atoms with Gasteiger partial charge in [0.25, 0.3) is 0 Å². The molecule has 0 aromatic heterocycles. The maximum atomic E-state index is 12.4. The van der Waals surface area contributed by atoms with Crippen LogP contribution in [0.5, 0.6) is 5.75 Å². The molecular formula is C19H31Cl2N3O2. The lowest BCUT2D eigenvalue weighted by Crippen LogP contribution is -2.39. The van der Waals surface area contributed by atoms with Crippen LogP contribution < -0.4 is 15.4 Å². The molecule has 5 nitrogen and oxygen atoms in total. The lowest BCUT2D eigenvalue weighted by atomic mass is 9.89. The molecule has 148 valence electrons. The Labute approximate surface area is 169 Å². The first-order chi connectivity index (χ1) is 11.6. The van der Waals surface area contributed by atoms with Gasteiger partial charge >= 0.3 is 0 Å². The summed E-state index contributed by atoms with van der Waals surface area (Å²) in [6.07, 6.45) is 5.44. The molecule has 26 heavy (non-hydrogen) atoms. The Balaban J connectivity index is 0.00000169. The normalized spacial score (nSPS) is 23.7. The SMILES string of the molecule is CN(C)CCOc1cccc(NC(=O)CC2CC3CCC(C2)N3)c1.Cl.Cl. The monoisotopic (exact) mass is 403 g/mol. The van der Waals surface area contributed by atoms with Gasteiger partial charge in [-0.1, -0.05) is 6.07 Å². The minimum atomic E-state index is 0. The number of rotatable bonds is 7. The highest BCUT2D eigenvalue weighted by molar-refractivity contribution is 5.91. The van der Waals surface area contributed by atoms with Crippen LogP contribution in [0.25, 0.3) is 0 Å². The molecule has 0 aliphatic carbocycles. The van der Waals surface area contributed by atoms with E-state index in [2.05, 4.69) is 15.5 Å². The molecule has 1 amide bonds. The van der Waals surface area contributed by atoms with Gasteiger partial charge in [-0.15, -0.1) is 24.8 Å². The van der Waals surface area contributed by atoms with E-state index in [0.29, 0.717) is 31.0 Å². The van der Waals surface area contributed by atoms with Gasteiger partial charge in [-0.05, 0) is 57.8 Å². The van der Waals surface area contributed by atoms with Gasteiger partial charge < -0.3 is 20.3 Å². The van der Waals surface area contributed by atoms with Crippen molar-refractivity contribution in [3.8, 4) is 5.75 Å². The number of piperidine rings is 1. The van der Waals surface area contributed by atoms with E-state index in [1.54, 1.807) is 0 Å². The number of fused-ring (bicyclic) bond motifs is 2. The van der Waals surface area contributed by atoms with E-state index in [-0.39, 0.29) is 30.7 Å². The van der Waals surface area contributed by atoms with Crippen molar-refractivity contribution in [1.82, 2.24) is 10.2 Å². The average Bonchev–Trinajstić information content (AvgIpc) is 2.86. The number of nitrogens with one attached hydrogen (secondary N) is 2. The molecule has 2 aliphatic rings. The fraction of sp³-hybridized carbons (Fsp3) is 0.632. The van der Waals surface area contributed by atoms with Crippen LogP contribution >= 0.6 is 24.8 Å². The molecule has 0 radical (unpaired) electrons. The summed E-state index contributed by atoms with van der Waals surface area (Å²) in [6, 6.07) is 8.94. The number of carbonyl (C=O) groups is 1. The number of hydrogen-bond acceptors (Lipinski definition) is 4. The van der Waals surface area contributed by atoms with E-state index in [4.69, 9.17) is 4.74 Å². The van der Waals surface area contributed by atoms with Gasteiger partial charge in [-0.25, -0.2) is 0 Å². The largest absolute Gasteiger partial charge is 0.492 e. The van der Waals surface area contributed by atoms with Crippen molar-refractivity contribution in [3.63, 3.8) is 0 Å². The highest BCUT2D eigenvalue weighted by Gasteiger charge is 2.34. The maximum Gasteiger partial charge on any atom is 0.224 e. The molecule has 2 bridgehead atoms. The Bertz CT molecular complexity index is 559. The van der Waals surface area contributed by atoms with E-state index >= 15 is 0 Å². The first-order valence-corrected chi connectivity index (χ1v) is 9.02. The second kappa shape index (κ2) is 11.0. The molecule has 2 heterocycles. The van der Waals surface area contributed by atoms with Crippen molar-refractivity contribution in [2.24, 2.45) is 5.92 Å². The zero-order valence-corrected chi connectivity index (χ0v) is 17.2. The third kappa shape index (κ3) is 6.95. The summed E-state index contributed by atoms with van der Waals surface area (Å²) in [5.41, 5.74) is 0.819. The molecular weight excluding hydrogens is 373 g/mol. The lowest BCUT2D eigenvalue weighted by molar-refractivity contribution is -0.117. The highest BCUT2D eigenvalue weighted by atomic mass is 35.5. The number of likely N-dealkylation sites (N-methyl/N-ethyl adjacent to an activating group) is 1. The molecule has 0 saturated carbocycles. The average molecular weight is 404 g/mol. The number of anilines is 1. The third-order valence-electron chi connectivity index (χ3n) is 4.97. The summed E-state index contributed by atoms with van der Waals surface area (Å²) < 4.78 is 5.72. The summed E-state index contributed by atoms with van der Waals surface area (Å²) in [4.78, 5) is 14.4. The molecule has 2 N–H and O–H groups in total. The summed E-state index contributed by atoms with van der Waals surface area (Å²) in [6.45, 7) is 1.51. The Morgan fingerprint density at radius 3 is 2.58 bits per heavy atom. The zero-order chi connectivity index (χ0) is 16.9. The summed E-state index contributed by atoms with van der Waals surface area (Å²) in [5, 5.41) is 6.66. The van der Waals surface area contributed by atoms with Crippen LogP contribution in [0, 0.1) is 5.92 Å². The molecule has 1 aromatic carbocycles. The number of benzene rings is 1. The molecule has 7 heteroatoms. The zero-order valence-electron chi connectivity index (χ0n) is 15.6. The number of hydrogen-bond donors (Lipinski definition) is 2. The van der Waals surface area contributed by atoms with Gasteiger partial charge in [0.15, 0.2) is 0 Å². The van der Waals surface area contributed by atoms with E-state index in [1.165, 1.54) is 12.8 Å². The summed E-state index contributed by atoms with van der Waals surface area (Å²) in [7, 11) is 4.04. The third-order valence-corrected chi connectivity index (χ3v) is 4.97.